The zero-order valence-electron chi connectivity index (χ0n) is 17.0. The van der Waals surface area contributed by atoms with Crippen LogP contribution in [0, 0.1) is 24.2 Å². The Hall–Kier alpha value is -3.30. The number of ether oxygens (including phenoxy) is 1. The van der Waals surface area contributed by atoms with Crippen LogP contribution in [0.3, 0.4) is 0 Å². The molecule has 0 aliphatic carbocycles. The Kier molecular flexibility index (Phi) is 5.95. The Morgan fingerprint density at radius 1 is 1.34 bits per heavy atom. The van der Waals surface area contributed by atoms with Crippen LogP contribution in [0.5, 0.6) is 5.75 Å². The number of nitrogens with zero attached hydrogens (tertiary/aromatic N) is 3. The van der Waals surface area contributed by atoms with Crippen molar-refractivity contribution in [2.24, 2.45) is 5.92 Å². The minimum Gasteiger partial charge on any atom is -0.532 e. The van der Waals surface area contributed by atoms with E-state index < -0.39 is 24.6 Å². The van der Waals surface area contributed by atoms with E-state index in [4.69, 9.17) is 9.39 Å². The zero-order chi connectivity index (χ0) is 22.9. The van der Waals surface area contributed by atoms with Crippen LogP contribution in [0.2, 0.25) is 0 Å². The maximum Gasteiger partial charge on any atom is 0.552 e. The zero-order valence-corrected chi connectivity index (χ0v) is 17.0. The van der Waals surface area contributed by atoms with Crippen LogP contribution in [0.15, 0.2) is 24.3 Å². The lowest BCUT2D eigenvalue weighted by Gasteiger charge is -2.28. The van der Waals surface area contributed by atoms with E-state index in [-0.39, 0.29) is 29.2 Å². The van der Waals surface area contributed by atoms with Crippen LogP contribution < -0.4 is 15.3 Å². The highest BCUT2D eigenvalue weighted by Gasteiger charge is 2.38. The third-order valence-electron chi connectivity index (χ3n) is 5.17. The molecule has 12 heteroatoms. The van der Waals surface area contributed by atoms with Gasteiger partial charge in [0, 0.05) is 29.6 Å². The van der Waals surface area contributed by atoms with Gasteiger partial charge in [0.05, 0.1) is 30.2 Å². The average Bonchev–Trinajstić information content (AvgIpc) is 2.75. The van der Waals surface area contributed by atoms with Gasteiger partial charge in [0.1, 0.15) is 11.6 Å². The van der Waals surface area contributed by atoms with Crippen molar-refractivity contribution in [2.75, 3.05) is 23.8 Å². The molecular weight excluding hydrogens is 426 g/mol. The number of halogens is 3. The summed E-state index contributed by atoms with van der Waals surface area (Å²) in [4.78, 5) is 8.53. The second-order valence-corrected chi connectivity index (χ2v) is 7.51. The lowest BCUT2D eigenvalue weighted by molar-refractivity contribution is -0.138. The molecule has 1 unspecified atom stereocenters. The molecular formula is C20H19BF3N5O3. The molecule has 1 aromatic carbocycles. The van der Waals surface area contributed by atoms with Gasteiger partial charge >= 0.3 is 13.3 Å². The topological polar surface area (TPSA) is 112 Å². The Balaban J connectivity index is 1.62. The van der Waals surface area contributed by atoms with E-state index in [1.165, 1.54) is 24.3 Å². The number of fused-ring (bicyclic) bond motifs is 1. The highest BCUT2D eigenvalue weighted by Crippen LogP contribution is 2.42. The predicted octanol–water partition coefficient (Wildman–Crippen LogP) is 3.31. The fourth-order valence-corrected chi connectivity index (χ4v) is 3.52. The minimum absolute atomic E-state index is 0.0807. The van der Waals surface area contributed by atoms with Gasteiger partial charge in [-0.3, -0.25) is 0 Å². The Morgan fingerprint density at radius 2 is 2.16 bits per heavy atom. The smallest absolute Gasteiger partial charge is 0.532 e. The first-order valence-corrected chi connectivity index (χ1v) is 9.87. The Morgan fingerprint density at radius 3 is 2.91 bits per heavy atom. The summed E-state index contributed by atoms with van der Waals surface area (Å²) in [6.45, 7) is 2.65. The van der Waals surface area contributed by atoms with E-state index in [9.17, 15) is 23.5 Å². The molecule has 1 fully saturated rings. The third kappa shape index (κ3) is 4.63. The quantitative estimate of drug-likeness (QED) is 0.615. The van der Waals surface area contributed by atoms with E-state index >= 15 is 0 Å². The van der Waals surface area contributed by atoms with Crippen molar-refractivity contribution in [2.45, 2.75) is 25.6 Å². The summed E-state index contributed by atoms with van der Waals surface area (Å²) in [6, 6.07) is 4.32. The number of alkyl halides is 3. The van der Waals surface area contributed by atoms with Crippen LogP contribution in [0.1, 0.15) is 23.1 Å². The molecule has 2 aliphatic heterocycles. The molecule has 1 aromatic heterocycles. The standard InChI is InChI=1S/C20H19BF3N5O3/c1-11-9-26-19(29-18(11)28-16-10-31-5-3-13(16)8-25)27-14-6-12-2-4-21(30)32-17(12)15(7-14)20(22,23)24/h2,4,6-7,9,13,16,30H,3,5,10H2,1H3,(H2,26,27,28,29)/t13?,16-/m0/s1. The number of nitriles is 1. The lowest BCUT2D eigenvalue weighted by atomic mass is 9.85. The number of rotatable bonds is 4. The molecule has 0 radical (unpaired) electrons. The molecule has 2 atom stereocenters. The second kappa shape index (κ2) is 8.68. The highest BCUT2D eigenvalue weighted by molar-refractivity contribution is 6.51. The van der Waals surface area contributed by atoms with Crippen molar-refractivity contribution in [3.63, 3.8) is 0 Å². The molecule has 0 amide bonds. The average molecular weight is 445 g/mol. The molecule has 32 heavy (non-hydrogen) atoms. The number of anilines is 3. The summed E-state index contributed by atoms with van der Waals surface area (Å²) in [7, 11) is -1.45. The first kappa shape index (κ1) is 21.9. The van der Waals surface area contributed by atoms with Crippen LogP contribution >= 0.6 is 0 Å². The van der Waals surface area contributed by atoms with Crippen LogP contribution in [-0.2, 0) is 10.9 Å². The molecule has 1 saturated heterocycles. The van der Waals surface area contributed by atoms with Crippen molar-refractivity contribution in [1.29, 1.82) is 5.26 Å². The lowest BCUT2D eigenvalue weighted by Crippen LogP contribution is -2.38. The molecule has 4 rings (SSSR count). The van der Waals surface area contributed by atoms with Crippen LogP contribution in [0.4, 0.5) is 30.6 Å². The highest BCUT2D eigenvalue weighted by atomic mass is 19.4. The number of aryl methyl sites for hydroxylation is 1. The van der Waals surface area contributed by atoms with Gasteiger partial charge in [-0.2, -0.15) is 23.4 Å². The van der Waals surface area contributed by atoms with Crippen LogP contribution in [0.25, 0.3) is 6.08 Å². The number of hydrogen-bond acceptors (Lipinski definition) is 8. The maximum absolute atomic E-state index is 13.6. The van der Waals surface area contributed by atoms with Crippen molar-refractivity contribution in [3.05, 3.63) is 41.0 Å². The summed E-state index contributed by atoms with van der Waals surface area (Å²) in [5.74, 6) is 1.10. The molecule has 3 heterocycles. The third-order valence-corrected chi connectivity index (χ3v) is 5.17. The first-order chi connectivity index (χ1) is 15.2. The van der Waals surface area contributed by atoms with Gasteiger partial charge in [-0.1, -0.05) is 6.08 Å². The molecule has 0 bridgehead atoms. The minimum atomic E-state index is -4.69. The SMILES string of the molecule is Cc1cnc(Nc2cc3c(c(C(F)(F)F)c2)OB(O)C=C3)nc1N[C@H]1COCCC1C#N. The van der Waals surface area contributed by atoms with Gasteiger partial charge < -0.3 is 25.0 Å². The van der Waals surface area contributed by atoms with E-state index in [1.807, 2.05) is 0 Å². The van der Waals surface area contributed by atoms with Gasteiger partial charge in [0.25, 0.3) is 0 Å². The van der Waals surface area contributed by atoms with Crippen molar-refractivity contribution in [1.82, 2.24) is 9.97 Å². The normalized spacial score (nSPS) is 20.2. The van der Waals surface area contributed by atoms with E-state index in [0.29, 0.717) is 31.0 Å². The van der Waals surface area contributed by atoms with Gasteiger partial charge in [-0.05, 0) is 31.5 Å². The fourth-order valence-electron chi connectivity index (χ4n) is 3.52. The molecule has 2 aliphatic rings. The number of nitrogens with one attached hydrogen (secondary N) is 2. The fraction of sp³-hybridized carbons (Fsp3) is 0.350. The van der Waals surface area contributed by atoms with Gasteiger partial charge in [-0.25, -0.2) is 4.98 Å². The predicted molar refractivity (Wildman–Crippen MR) is 111 cm³/mol. The summed E-state index contributed by atoms with van der Waals surface area (Å²) >= 11 is 0. The first-order valence-electron chi connectivity index (χ1n) is 9.87. The van der Waals surface area contributed by atoms with E-state index in [1.54, 1.807) is 6.92 Å². The van der Waals surface area contributed by atoms with Crippen molar-refractivity contribution in [3.8, 4) is 11.8 Å². The van der Waals surface area contributed by atoms with E-state index in [2.05, 4.69) is 26.7 Å². The largest absolute Gasteiger partial charge is 0.552 e. The maximum atomic E-state index is 13.6. The number of benzene rings is 1. The van der Waals surface area contributed by atoms with E-state index in [0.717, 1.165) is 6.07 Å². The van der Waals surface area contributed by atoms with Crippen LogP contribution in [-0.4, -0.2) is 41.4 Å². The second-order valence-electron chi connectivity index (χ2n) is 7.51. The molecule has 0 spiro atoms. The van der Waals surface area contributed by atoms with Gasteiger partial charge in [0.15, 0.2) is 0 Å². The Labute approximate surface area is 182 Å². The summed E-state index contributed by atoms with van der Waals surface area (Å²) in [5.41, 5.74) is -0.0483. The van der Waals surface area contributed by atoms with Gasteiger partial charge in [0.2, 0.25) is 5.95 Å². The number of hydrogen-bond donors (Lipinski definition) is 3. The monoisotopic (exact) mass is 445 g/mol. The van der Waals surface area contributed by atoms with Crippen molar-refractivity contribution < 1.29 is 27.6 Å². The molecule has 3 N–H and O–H groups in total. The molecule has 8 nitrogen and oxygen atoms in total. The molecule has 2 aromatic rings. The summed E-state index contributed by atoms with van der Waals surface area (Å²) in [6.07, 6.45) is -1.20. The Bertz CT molecular complexity index is 1090. The molecule has 0 saturated carbocycles. The number of aromatic nitrogens is 2. The van der Waals surface area contributed by atoms with Gasteiger partial charge in [-0.15, -0.1) is 0 Å². The molecule has 166 valence electrons. The summed E-state index contributed by atoms with van der Waals surface area (Å²) in [5, 5.41) is 24.9. The summed E-state index contributed by atoms with van der Waals surface area (Å²) < 4.78 is 51.1. The van der Waals surface area contributed by atoms with Crippen molar-refractivity contribution >= 4 is 30.6 Å².